The van der Waals surface area contributed by atoms with Crippen LogP contribution in [0, 0.1) is 0 Å². The van der Waals surface area contributed by atoms with E-state index in [1.807, 2.05) is 13.8 Å². The largest absolute Gasteiger partial charge is 0.347 e. The van der Waals surface area contributed by atoms with E-state index in [-0.39, 0.29) is 0 Å². The Kier molecular flexibility index (Phi) is 4.50. The molecule has 11 heavy (non-hydrogen) atoms. The van der Waals surface area contributed by atoms with Crippen molar-refractivity contribution in [3.63, 3.8) is 0 Å². The van der Waals surface area contributed by atoms with Gasteiger partial charge in [0, 0.05) is 13.0 Å². The highest BCUT2D eigenvalue weighted by atomic mass is 16.2. The van der Waals surface area contributed by atoms with Crippen molar-refractivity contribution in [1.82, 2.24) is 5.32 Å². The topological polar surface area (TPSA) is 46.2 Å². The van der Waals surface area contributed by atoms with Gasteiger partial charge in [0.25, 0.3) is 5.91 Å². The highest BCUT2D eigenvalue weighted by Crippen LogP contribution is 2.18. The fraction of sp³-hybridized carbons (Fsp3) is 0.750. The molecule has 1 fully saturated rings. The maximum absolute atomic E-state index is 10.5. The van der Waals surface area contributed by atoms with E-state index in [0.29, 0.717) is 6.04 Å². The van der Waals surface area contributed by atoms with Crippen molar-refractivity contribution >= 4 is 11.7 Å². The van der Waals surface area contributed by atoms with Crippen LogP contribution in [0.2, 0.25) is 0 Å². The molecule has 0 aromatic carbocycles. The number of nitrogens with one attached hydrogen (secondary N) is 1. The fourth-order valence-electron chi connectivity index (χ4n) is 0.515. The van der Waals surface area contributed by atoms with Crippen LogP contribution in [0.4, 0.5) is 0 Å². The van der Waals surface area contributed by atoms with Crippen molar-refractivity contribution in [1.29, 1.82) is 0 Å². The molecule has 1 rings (SSSR count). The van der Waals surface area contributed by atoms with Crippen LogP contribution in [0.1, 0.15) is 33.6 Å². The first-order valence-electron chi connectivity index (χ1n) is 4.01. The molecule has 0 aromatic rings. The Morgan fingerprint density at radius 1 is 1.27 bits per heavy atom. The van der Waals surface area contributed by atoms with Gasteiger partial charge in [-0.2, -0.15) is 0 Å². The van der Waals surface area contributed by atoms with Gasteiger partial charge in [0.05, 0.1) is 0 Å². The Morgan fingerprint density at radius 3 is 2.00 bits per heavy atom. The number of carbonyl (C=O) groups is 2. The van der Waals surface area contributed by atoms with Gasteiger partial charge in [0.15, 0.2) is 0 Å². The molecule has 1 N–H and O–H groups in total. The molecule has 0 radical (unpaired) electrons. The van der Waals surface area contributed by atoms with Crippen LogP contribution in [0.5, 0.6) is 0 Å². The third-order valence-corrected chi connectivity index (χ3v) is 1.23. The van der Waals surface area contributed by atoms with Crippen molar-refractivity contribution < 1.29 is 9.59 Å². The highest BCUT2D eigenvalue weighted by Gasteiger charge is 2.24. The molecule has 1 aliphatic rings. The lowest BCUT2D eigenvalue weighted by molar-refractivity contribution is -0.136. The minimum Gasteiger partial charge on any atom is -0.347 e. The zero-order valence-corrected chi connectivity index (χ0v) is 7.31. The lowest BCUT2D eigenvalue weighted by Crippen LogP contribution is -2.30. The number of rotatable bonds is 2. The zero-order valence-electron chi connectivity index (χ0n) is 7.31. The van der Waals surface area contributed by atoms with Gasteiger partial charge in [-0.3, -0.25) is 9.59 Å². The Hall–Kier alpha value is -0.860. The van der Waals surface area contributed by atoms with Crippen molar-refractivity contribution in [2.24, 2.45) is 0 Å². The van der Waals surface area contributed by atoms with Gasteiger partial charge in [-0.05, 0) is 12.8 Å². The smallest absolute Gasteiger partial charge is 0.287 e. The molecule has 0 bridgehead atoms. The number of Topliss-reactive ketones (excluding diaryl/α,β-unsaturated/α-hetero) is 1. The second kappa shape index (κ2) is 4.88. The minimum atomic E-state index is -0.447. The predicted octanol–water partition coefficient (Wildman–Crippen LogP) is 0.880. The summed E-state index contributed by atoms with van der Waals surface area (Å²) in [6.45, 7) is 5.28. The van der Waals surface area contributed by atoms with Gasteiger partial charge >= 0.3 is 0 Å². The Balaban J connectivity index is 0.000000461. The minimum absolute atomic E-state index is 0.293. The predicted molar refractivity (Wildman–Crippen MR) is 43.2 cm³/mol. The van der Waals surface area contributed by atoms with Crippen LogP contribution in [0.15, 0.2) is 0 Å². The summed E-state index contributed by atoms with van der Waals surface area (Å²) in [5.41, 5.74) is 0. The number of hydrogen-bond donors (Lipinski definition) is 1. The average molecular weight is 157 g/mol. The van der Waals surface area contributed by atoms with E-state index in [1.165, 1.54) is 6.92 Å². The highest BCUT2D eigenvalue weighted by molar-refractivity contribution is 6.35. The quantitative estimate of drug-likeness (QED) is 0.605. The fourth-order valence-corrected chi connectivity index (χ4v) is 0.515. The summed E-state index contributed by atoms with van der Waals surface area (Å²) in [4.78, 5) is 20.8. The number of hydrogen-bond acceptors (Lipinski definition) is 2. The molecule has 1 aliphatic carbocycles. The normalized spacial score (nSPS) is 14.5. The third kappa shape index (κ3) is 4.53. The van der Waals surface area contributed by atoms with Crippen LogP contribution in [-0.4, -0.2) is 17.7 Å². The van der Waals surface area contributed by atoms with Gasteiger partial charge in [-0.1, -0.05) is 13.8 Å². The molecule has 0 atom stereocenters. The number of carbonyl (C=O) groups excluding carboxylic acids is 2. The SMILES string of the molecule is CC.CC(=O)C(=O)NC1CC1. The van der Waals surface area contributed by atoms with E-state index in [2.05, 4.69) is 5.32 Å². The standard InChI is InChI=1S/C6H9NO2.C2H6/c1-4(8)6(9)7-5-2-3-5;1-2/h5H,2-3H2,1H3,(H,7,9);1-2H3. The van der Waals surface area contributed by atoms with Crippen LogP contribution in [-0.2, 0) is 9.59 Å². The summed E-state index contributed by atoms with van der Waals surface area (Å²) in [7, 11) is 0. The van der Waals surface area contributed by atoms with E-state index in [4.69, 9.17) is 0 Å². The van der Waals surface area contributed by atoms with Crippen molar-refractivity contribution in [3.8, 4) is 0 Å². The van der Waals surface area contributed by atoms with E-state index >= 15 is 0 Å². The second-order valence-corrected chi connectivity index (χ2v) is 2.30. The van der Waals surface area contributed by atoms with Crippen LogP contribution < -0.4 is 5.32 Å². The molecular formula is C8H15NO2. The summed E-state index contributed by atoms with van der Waals surface area (Å²) in [5, 5.41) is 2.56. The number of amides is 1. The van der Waals surface area contributed by atoms with E-state index in [1.54, 1.807) is 0 Å². The molecule has 0 aromatic heterocycles. The lowest BCUT2D eigenvalue weighted by Gasteiger charge is -1.95. The van der Waals surface area contributed by atoms with E-state index in [9.17, 15) is 9.59 Å². The molecule has 1 amide bonds. The van der Waals surface area contributed by atoms with Crippen LogP contribution in [0.25, 0.3) is 0 Å². The van der Waals surface area contributed by atoms with Gasteiger partial charge in [-0.25, -0.2) is 0 Å². The Morgan fingerprint density at radius 2 is 1.73 bits per heavy atom. The maximum Gasteiger partial charge on any atom is 0.287 e. The Labute approximate surface area is 67.2 Å². The van der Waals surface area contributed by atoms with Gasteiger partial charge in [0.2, 0.25) is 5.78 Å². The molecule has 0 aliphatic heterocycles. The van der Waals surface area contributed by atoms with Crippen LogP contribution in [0.3, 0.4) is 0 Å². The summed E-state index contributed by atoms with van der Waals surface area (Å²) >= 11 is 0. The molecule has 0 unspecified atom stereocenters. The first kappa shape index (κ1) is 10.1. The van der Waals surface area contributed by atoms with Crippen molar-refractivity contribution in [2.75, 3.05) is 0 Å². The molecular weight excluding hydrogens is 142 g/mol. The van der Waals surface area contributed by atoms with Gasteiger partial charge < -0.3 is 5.32 Å². The van der Waals surface area contributed by atoms with Gasteiger partial charge in [0.1, 0.15) is 0 Å². The number of ketones is 1. The zero-order chi connectivity index (χ0) is 8.85. The lowest BCUT2D eigenvalue weighted by atomic mass is 10.4. The second-order valence-electron chi connectivity index (χ2n) is 2.30. The summed E-state index contributed by atoms with van der Waals surface area (Å²) in [5.74, 6) is -0.848. The Bertz CT molecular complexity index is 150. The molecule has 3 heteroatoms. The van der Waals surface area contributed by atoms with Crippen molar-refractivity contribution in [2.45, 2.75) is 39.7 Å². The summed E-state index contributed by atoms with van der Waals surface area (Å²) in [6, 6.07) is 0.293. The molecule has 0 heterocycles. The first-order chi connectivity index (χ1) is 5.20. The summed E-state index contributed by atoms with van der Waals surface area (Å²) in [6.07, 6.45) is 2.05. The van der Waals surface area contributed by atoms with Crippen molar-refractivity contribution in [3.05, 3.63) is 0 Å². The van der Waals surface area contributed by atoms with Gasteiger partial charge in [-0.15, -0.1) is 0 Å². The van der Waals surface area contributed by atoms with E-state index in [0.717, 1.165) is 12.8 Å². The third-order valence-electron chi connectivity index (χ3n) is 1.23. The summed E-state index contributed by atoms with van der Waals surface area (Å²) < 4.78 is 0. The van der Waals surface area contributed by atoms with Crippen LogP contribution >= 0.6 is 0 Å². The molecule has 1 saturated carbocycles. The average Bonchev–Trinajstić information content (AvgIpc) is 2.76. The van der Waals surface area contributed by atoms with E-state index < -0.39 is 11.7 Å². The first-order valence-corrected chi connectivity index (χ1v) is 4.01. The maximum atomic E-state index is 10.5. The molecule has 0 spiro atoms. The monoisotopic (exact) mass is 157 g/mol. The molecule has 0 saturated heterocycles. The molecule has 3 nitrogen and oxygen atoms in total. The molecule has 64 valence electrons.